The summed E-state index contributed by atoms with van der Waals surface area (Å²) in [5, 5.41) is 9.55. The van der Waals surface area contributed by atoms with E-state index in [1.54, 1.807) is 4.90 Å². The summed E-state index contributed by atoms with van der Waals surface area (Å²) in [5.74, 6) is 0.577. The number of likely N-dealkylation sites (tertiary alicyclic amines) is 1. The second kappa shape index (κ2) is 12.7. The number of benzene rings is 1. The SMILES string of the molecule is C=CC(=O)N1CCN(c2cc(OC[C@@H]3CCCN3C)nc3c2CCN(c2cccc4c2CCCCC4)C3)C[C@@H]1CC#N. The van der Waals surface area contributed by atoms with Crippen molar-refractivity contribution in [1.29, 1.82) is 5.26 Å². The van der Waals surface area contributed by atoms with Crippen molar-refractivity contribution in [3.05, 3.63) is 59.3 Å². The molecular formula is C34H44N6O2. The van der Waals surface area contributed by atoms with Gasteiger partial charge >= 0.3 is 0 Å². The van der Waals surface area contributed by atoms with E-state index in [1.165, 1.54) is 60.6 Å². The Kier molecular flexibility index (Phi) is 8.66. The number of aromatic nitrogens is 1. The second-order valence-electron chi connectivity index (χ2n) is 12.3. The standard InChI is InChI=1S/C34H44N6O2/c1-3-34(41)40-20-19-39(22-26(40)14-16-35)32-21-33(42-24-27-11-8-17-37(27)2)36-30-23-38(18-15-29(30)32)31-13-7-10-25-9-5-4-6-12-28(25)31/h3,7,10,13,21,26-27H,1,4-6,8-9,11-12,14-15,17-20,22-24H2,2H3/t26-,27-/m0/s1. The minimum atomic E-state index is -0.172. The number of nitriles is 1. The molecule has 4 heterocycles. The van der Waals surface area contributed by atoms with Gasteiger partial charge in [-0.25, -0.2) is 4.98 Å². The molecule has 0 radical (unpaired) electrons. The summed E-state index contributed by atoms with van der Waals surface area (Å²) in [5.41, 5.74) is 7.91. The van der Waals surface area contributed by atoms with E-state index in [0.29, 0.717) is 44.6 Å². The third-order valence-corrected chi connectivity index (χ3v) is 9.80. The van der Waals surface area contributed by atoms with Crippen LogP contribution in [0.3, 0.4) is 0 Å². The highest BCUT2D eigenvalue weighted by Crippen LogP contribution is 2.37. The van der Waals surface area contributed by atoms with Gasteiger partial charge in [0.05, 0.1) is 30.8 Å². The molecule has 1 aliphatic carbocycles. The van der Waals surface area contributed by atoms with Crippen LogP contribution in [0.4, 0.5) is 11.4 Å². The molecule has 1 aromatic carbocycles. The van der Waals surface area contributed by atoms with Crippen LogP contribution in [0.15, 0.2) is 36.9 Å². The molecule has 0 N–H and O–H groups in total. The van der Waals surface area contributed by atoms with E-state index in [0.717, 1.165) is 50.3 Å². The topological polar surface area (TPSA) is 75.9 Å². The van der Waals surface area contributed by atoms with Gasteiger partial charge in [0.15, 0.2) is 0 Å². The van der Waals surface area contributed by atoms with E-state index in [-0.39, 0.29) is 11.9 Å². The Hall–Kier alpha value is -3.57. The predicted molar refractivity (Wildman–Crippen MR) is 166 cm³/mol. The van der Waals surface area contributed by atoms with Gasteiger partial charge < -0.3 is 24.3 Å². The van der Waals surface area contributed by atoms with Gasteiger partial charge in [-0.05, 0) is 81.8 Å². The van der Waals surface area contributed by atoms with Crippen LogP contribution in [0, 0.1) is 11.3 Å². The summed E-state index contributed by atoms with van der Waals surface area (Å²) in [6.07, 6.45) is 11.1. The van der Waals surface area contributed by atoms with Crippen LogP contribution in [0.25, 0.3) is 0 Å². The smallest absolute Gasteiger partial charge is 0.246 e. The summed E-state index contributed by atoms with van der Waals surface area (Å²) in [6, 6.07) is 11.5. The van der Waals surface area contributed by atoms with Gasteiger partial charge in [-0.2, -0.15) is 5.26 Å². The van der Waals surface area contributed by atoms with Crippen LogP contribution in [0.5, 0.6) is 5.88 Å². The molecule has 0 spiro atoms. The molecule has 1 amide bonds. The maximum absolute atomic E-state index is 12.6. The van der Waals surface area contributed by atoms with E-state index < -0.39 is 0 Å². The first-order valence-electron chi connectivity index (χ1n) is 15.8. The van der Waals surface area contributed by atoms with Gasteiger partial charge in [-0.15, -0.1) is 0 Å². The number of carbonyl (C=O) groups excluding carboxylic acids is 1. The van der Waals surface area contributed by atoms with E-state index in [2.05, 4.69) is 58.7 Å². The van der Waals surface area contributed by atoms with Crippen molar-refractivity contribution >= 4 is 17.3 Å². The maximum Gasteiger partial charge on any atom is 0.246 e. The summed E-state index contributed by atoms with van der Waals surface area (Å²) < 4.78 is 6.43. The predicted octanol–water partition coefficient (Wildman–Crippen LogP) is 4.50. The molecule has 0 unspecified atom stereocenters. The van der Waals surface area contributed by atoms with Crippen LogP contribution >= 0.6 is 0 Å². The molecular weight excluding hydrogens is 524 g/mol. The number of pyridine rings is 1. The number of likely N-dealkylation sites (N-methyl/N-ethyl adjacent to an activating group) is 1. The lowest BCUT2D eigenvalue weighted by Gasteiger charge is -2.43. The molecule has 6 rings (SSSR count). The molecule has 2 atom stereocenters. The summed E-state index contributed by atoms with van der Waals surface area (Å²) in [4.78, 5) is 26.7. The number of hydrogen-bond donors (Lipinski definition) is 0. The Labute approximate surface area is 250 Å². The van der Waals surface area contributed by atoms with Gasteiger partial charge in [-0.3, -0.25) is 4.79 Å². The van der Waals surface area contributed by atoms with Crippen molar-refractivity contribution < 1.29 is 9.53 Å². The molecule has 0 saturated carbocycles. The number of nitrogens with zero attached hydrogens (tertiary/aromatic N) is 6. The zero-order chi connectivity index (χ0) is 29.1. The quantitative estimate of drug-likeness (QED) is 0.360. The van der Waals surface area contributed by atoms with Gasteiger partial charge in [0.2, 0.25) is 11.8 Å². The van der Waals surface area contributed by atoms with Crippen molar-refractivity contribution in [2.45, 2.75) is 76.4 Å². The van der Waals surface area contributed by atoms with Gasteiger partial charge in [0.1, 0.15) is 6.61 Å². The summed E-state index contributed by atoms with van der Waals surface area (Å²) in [7, 11) is 2.17. The molecule has 0 bridgehead atoms. The normalized spacial score (nSPS) is 22.6. The van der Waals surface area contributed by atoms with Crippen molar-refractivity contribution in [3.8, 4) is 11.9 Å². The number of ether oxygens (including phenoxy) is 1. The van der Waals surface area contributed by atoms with Crippen molar-refractivity contribution in [1.82, 2.24) is 14.8 Å². The summed E-state index contributed by atoms with van der Waals surface area (Å²) in [6.45, 7) is 9.02. The number of carbonyl (C=O) groups is 1. The van der Waals surface area contributed by atoms with Crippen LogP contribution in [-0.2, 0) is 30.6 Å². The Morgan fingerprint density at radius 2 is 1.93 bits per heavy atom. The molecule has 222 valence electrons. The molecule has 42 heavy (non-hydrogen) atoms. The van der Waals surface area contributed by atoms with Crippen LogP contribution in [0.2, 0.25) is 0 Å². The zero-order valence-electron chi connectivity index (χ0n) is 25.1. The molecule has 8 heteroatoms. The minimum Gasteiger partial charge on any atom is -0.476 e. The molecule has 2 saturated heterocycles. The van der Waals surface area contributed by atoms with Crippen LogP contribution in [0.1, 0.15) is 60.9 Å². The number of piperazine rings is 1. The maximum atomic E-state index is 12.6. The van der Waals surface area contributed by atoms with Gasteiger partial charge in [-0.1, -0.05) is 25.1 Å². The first kappa shape index (κ1) is 28.5. The Balaban J connectivity index is 1.31. The van der Waals surface area contributed by atoms with E-state index >= 15 is 0 Å². The van der Waals surface area contributed by atoms with E-state index in [9.17, 15) is 10.1 Å². The van der Waals surface area contributed by atoms with Crippen LogP contribution in [-0.4, -0.2) is 79.2 Å². The lowest BCUT2D eigenvalue weighted by molar-refractivity contribution is -0.128. The van der Waals surface area contributed by atoms with Crippen molar-refractivity contribution in [3.63, 3.8) is 0 Å². The van der Waals surface area contributed by atoms with Crippen LogP contribution < -0.4 is 14.5 Å². The zero-order valence-corrected chi connectivity index (χ0v) is 25.1. The highest BCUT2D eigenvalue weighted by Gasteiger charge is 2.33. The average molecular weight is 569 g/mol. The number of anilines is 2. The first-order chi connectivity index (χ1) is 20.6. The molecule has 2 fully saturated rings. The average Bonchev–Trinajstić information content (AvgIpc) is 3.27. The fourth-order valence-electron chi connectivity index (χ4n) is 7.42. The molecule has 1 aromatic heterocycles. The summed E-state index contributed by atoms with van der Waals surface area (Å²) >= 11 is 0. The number of hydrogen-bond acceptors (Lipinski definition) is 7. The monoisotopic (exact) mass is 568 g/mol. The largest absolute Gasteiger partial charge is 0.476 e. The lowest BCUT2D eigenvalue weighted by atomic mass is 9.96. The Morgan fingerprint density at radius 3 is 2.74 bits per heavy atom. The highest BCUT2D eigenvalue weighted by atomic mass is 16.5. The van der Waals surface area contributed by atoms with E-state index in [4.69, 9.17) is 9.72 Å². The second-order valence-corrected chi connectivity index (χ2v) is 12.3. The first-order valence-corrected chi connectivity index (χ1v) is 15.8. The Bertz CT molecular complexity index is 1350. The fraction of sp³-hybridized carbons (Fsp3) is 0.559. The fourth-order valence-corrected chi connectivity index (χ4v) is 7.42. The van der Waals surface area contributed by atoms with E-state index in [1.807, 2.05) is 0 Å². The highest BCUT2D eigenvalue weighted by molar-refractivity contribution is 5.87. The minimum absolute atomic E-state index is 0.103. The lowest BCUT2D eigenvalue weighted by Crippen LogP contribution is -2.55. The number of aryl methyl sites for hydroxylation is 1. The van der Waals surface area contributed by atoms with Crippen molar-refractivity contribution in [2.24, 2.45) is 0 Å². The van der Waals surface area contributed by atoms with Gasteiger partial charge in [0, 0.05) is 55.2 Å². The number of fused-ring (bicyclic) bond motifs is 2. The Morgan fingerprint density at radius 1 is 1.05 bits per heavy atom. The molecule has 3 aliphatic heterocycles. The third-order valence-electron chi connectivity index (χ3n) is 9.80. The molecule has 4 aliphatic rings. The molecule has 2 aromatic rings. The third kappa shape index (κ3) is 5.85. The number of rotatable bonds is 7. The molecule has 8 nitrogen and oxygen atoms in total. The van der Waals surface area contributed by atoms with Gasteiger partial charge in [0.25, 0.3) is 0 Å². The van der Waals surface area contributed by atoms with Crippen molar-refractivity contribution in [2.75, 3.05) is 56.2 Å². The number of amides is 1.